The number of carbonyl (C=O) groups excluding carboxylic acids is 2. The normalized spacial score (nSPS) is 10.8. The molecule has 0 aliphatic rings. The summed E-state index contributed by atoms with van der Waals surface area (Å²) in [7, 11) is 1.24. The molecule has 1 aromatic carbocycles. The highest BCUT2D eigenvalue weighted by Crippen LogP contribution is 2.18. The minimum atomic E-state index is -0.642. The summed E-state index contributed by atoms with van der Waals surface area (Å²) < 4.78 is 19.9. The van der Waals surface area contributed by atoms with Crippen LogP contribution < -0.4 is 5.32 Å². The third-order valence-electron chi connectivity index (χ3n) is 3.73. The van der Waals surface area contributed by atoms with E-state index in [-0.39, 0.29) is 23.7 Å². The van der Waals surface area contributed by atoms with Crippen LogP contribution in [0.5, 0.6) is 0 Å². The van der Waals surface area contributed by atoms with Crippen LogP contribution in [0.4, 0.5) is 4.39 Å². The number of nitrogens with one attached hydrogen (secondary N) is 1. The lowest BCUT2D eigenvalue weighted by Crippen LogP contribution is -2.25. The molecule has 0 unspecified atom stereocenters. The van der Waals surface area contributed by atoms with Crippen LogP contribution in [0.1, 0.15) is 32.1 Å². The SMILES string of the molecule is COC(=O)c1cc(C(=O)NCc2ccc(F)c(C)c2)nc2c(Br)cnn12. The van der Waals surface area contributed by atoms with E-state index < -0.39 is 11.9 Å². The van der Waals surface area contributed by atoms with Gasteiger partial charge < -0.3 is 10.1 Å². The quantitative estimate of drug-likeness (QED) is 0.655. The molecular weight excluding hydrogens is 407 g/mol. The van der Waals surface area contributed by atoms with E-state index in [0.29, 0.717) is 15.7 Å². The highest BCUT2D eigenvalue weighted by Gasteiger charge is 2.19. The highest BCUT2D eigenvalue weighted by molar-refractivity contribution is 9.10. The Balaban J connectivity index is 1.88. The Labute approximate surface area is 156 Å². The summed E-state index contributed by atoms with van der Waals surface area (Å²) in [6.45, 7) is 1.84. The summed E-state index contributed by atoms with van der Waals surface area (Å²) in [6.07, 6.45) is 1.47. The number of methoxy groups -OCH3 is 1. The molecule has 2 heterocycles. The lowest BCUT2D eigenvalue weighted by Gasteiger charge is -2.08. The molecule has 0 fully saturated rings. The van der Waals surface area contributed by atoms with Gasteiger partial charge >= 0.3 is 5.97 Å². The molecule has 1 amide bonds. The molecule has 0 saturated heterocycles. The van der Waals surface area contributed by atoms with E-state index in [1.165, 1.54) is 30.0 Å². The van der Waals surface area contributed by atoms with Crippen LogP contribution in [-0.4, -0.2) is 33.6 Å². The van der Waals surface area contributed by atoms with Crippen LogP contribution in [0, 0.1) is 12.7 Å². The number of carbonyl (C=O) groups is 2. The monoisotopic (exact) mass is 420 g/mol. The van der Waals surface area contributed by atoms with Gasteiger partial charge in [-0.05, 0) is 40.0 Å². The molecule has 1 N–H and O–H groups in total. The van der Waals surface area contributed by atoms with E-state index >= 15 is 0 Å². The van der Waals surface area contributed by atoms with Gasteiger partial charge in [0.25, 0.3) is 5.91 Å². The van der Waals surface area contributed by atoms with Crippen molar-refractivity contribution in [3.05, 3.63) is 63.3 Å². The van der Waals surface area contributed by atoms with Crippen LogP contribution in [0.3, 0.4) is 0 Å². The van der Waals surface area contributed by atoms with E-state index in [2.05, 4.69) is 31.3 Å². The second kappa shape index (κ2) is 7.20. The predicted octanol–water partition coefficient (Wildman–Crippen LogP) is 2.66. The van der Waals surface area contributed by atoms with Crippen molar-refractivity contribution >= 4 is 33.5 Å². The first-order chi connectivity index (χ1) is 12.4. The first-order valence-electron chi connectivity index (χ1n) is 7.56. The summed E-state index contributed by atoms with van der Waals surface area (Å²) >= 11 is 3.28. The summed E-state index contributed by atoms with van der Waals surface area (Å²) in [4.78, 5) is 28.7. The molecule has 0 aliphatic heterocycles. The Morgan fingerprint density at radius 2 is 2.12 bits per heavy atom. The second-order valence-electron chi connectivity index (χ2n) is 5.51. The van der Waals surface area contributed by atoms with Gasteiger partial charge in [0.1, 0.15) is 11.5 Å². The maximum Gasteiger partial charge on any atom is 0.356 e. The lowest BCUT2D eigenvalue weighted by molar-refractivity contribution is 0.0590. The number of ether oxygens (including phenoxy) is 1. The molecule has 0 spiro atoms. The van der Waals surface area contributed by atoms with Gasteiger partial charge in [-0.25, -0.2) is 18.7 Å². The zero-order valence-electron chi connectivity index (χ0n) is 13.9. The summed E-state index contributed by atoms with van der Waals surface area (Å²) in [5.74, 6) is -1.43. The van der Waals surface area contributed by atoms with Gasteiger partial charge in [0.05, 0.1) is 17.8 Å². The van der Waals surface area contributed by atoms with Crippen molar-refractivity contribution in [3.8, 4) is 0 Å². The number of rotatable bonds is 4. The fourth-order valence-electron chi connectivity index (χ4n) is 2.39. The fraction of sp³-hybridized carbons (Fsp3) is 0.176. The number of esters is 1. The van der Waals surface area contributed by atoms with Gasteiger partial charge in [-0.3, -0.25) is 4.79 Å². The number of halogens is 2. The van der Waals surface area contributed by atoms with Crippen LogP contribution in [-0.2, 0) is 11.3 Å². The van der Waals surface area contributed by atoms with Crippen molar-refractivity contribution in [2.24, 2.45) is 0 Å². The molecule has 134 valence electrons. The van der Waals surface area contributed by atoms with Gasteiger partial charge in [-0.15, -0.1) is 0 Å². The largest absolute Gasteiger partial charge is 0.464 e. The average molecular weight is 421 g/mol. The molecule has 9 heteroatoms. The van der Waals surface area contributed by atoms with Crippen molar-refractivity contribution in [1.29, 1.82) is 0 Å². The summed E-state index contributed by atoms with van der Waals surface area (Å²) in [5, 5.41) is 6.74. The Kier molecular flexibility index (Phi) is 4.99. The fourth-order valence-corrected chi connectivity index (χ4v) is 2.74. The van der Waals surface area contributed by atoms with Gasteiger partial charge in [-0.1, -0.05) is 12.1 Å². The van der Waals surface area contributed by atoms with Crippen LogP contribution in [0.15, 0.2) is 34.9 Å². The number of fused-ring (bicyclic) bond motifs is 1. The molecular formula is C17H14BrFN4O3. The van der Waals surface area contributed by atoms with Crippen molar-refractivity contribution < 1.29 is 18.7 Å². The molecule has 0 radical (unpaired) electrons. The smallest absolute Gasteiger partial charge is 0.356 e. The molecule has 3 rings (SSSR count). The van der Waals surface area contributed by atoms with E-state index in [9.17, 15) is 14.0 Å². The minimum Gasteiger partial charge on any atom is -0.464 e. The molecule has 0 bridgehead atoms. The topological polar surface area (TPSA) is 85.6 Å². The second-order valence-corrected chi connectivity index (χ2v) is 6.37. The first kappa shape index (κ1) is 18.0. The average Bonchev–Trinajstić information content (AvgIpc) is 3.02. The maximum atomic E-state index is 13.3. The van der Waals surface area contributed by atoms with Crippen molar-refractivity contribution in [1.82, 2.24) is 19.9 Å². The first-order valence-corrected chi connectivity index (χ1v) is 8.36. The molecule has 0 saturated carbocycles. The number of nitrogens with zero attached hydrogens (tertiary/aromatic N) is 3. The third kappa shape index (κ3) is 3.43. The lowest BCUT2D eigenvalue weighted by atomic mass is 10.1. The Hall–Kier alpha value is -2.81. The van der Waals surface area contributed by atoms with E-state index in [1.807, 2.05) is 0 Å². The molecule has 2 aromatic heterocycles. The van der Waals surface area contributed by atoms with Crippen molar-refractivity contribution in [2.45, 2.75) is 13.5 Å². The van der Waals surface area contributed by atoms with E-state index in [4.69, 9.17) is 4.74 Å². The zero-order chi connectivity index (χ0) is 18.8. The van der Waals surface area contributed by atoms with Crippen molar-refractivity contribution in [2.75, 3.05) is 7.11 Å². The van der Waals surface area contributed by atoms with E-state index in [1.54, 1.807) is 19.1 Å². The predicted molar refractivity (Wildman–Crippen MR) is 94.3 cm³/mol. The maximum absolute atomic E-state index is 13.3. The number of aromatic nitrogens is 3. The zero-order valence-corrected chi connectivity index (χ0v) is 15.5. The number of amides is 1. The van der Waals surface area contributed by atoms with Gasteiger partial charge in [-0.2, -0.15) is 5.10 Å². The van der Waals surface area contributed by atoms with E-state index in [0.717, 1.165) is 5.56 Å². The van der Waals surface area contributed by atoms with Crippen LogP contribution >= 0.6 is 15.9 Å². The van der Waals surface area contributed by atoms with Crippen LogP contribution in [0.2, 0.25) is 0 Å². The number of aryl methyl sites for hydroxylation is 1. The molecule has 26 heavy (non-hydrogen) atoms. The molecule has 7 nitrogen and oxygen atoms in total. The standard InChI is InChI=1S/C17H14BrFN4O3/c1-9-5-10(3-4-12(9)19)7-20-16(24)13-6-14(17(25)26-2)23-15(22-13)11(18)8-21-23/h3-6,8H,7H2,1-2H3,(H,20,24). The molecule has 0 aliphatic carbocycles. The summed E-state index contributed by atoms with van der Waals surface area (Å²) in [6, 6.07) is 5.90. The number of benzene rings is 1. The van der Waals surface area contributed by atoms with Gasteiger partial charge in [0, 0.05) is 12.6 Å². The van der Waals surface area contributed by atoms with Crippen molar-refractivity contribution in [3.63, 3.8) is 0 Å². The summed E-state index contributed by atoms with van der Waals surface area (Å²) in [5.41, 5.74) is 1.67. The number of hydrogen-bond acceptors (Lipinski definition) is 5. The highest BCUT2D eigenvalue weighted by atomic mass is 79.9. The Morgan fingerprint density at radius 1 is 1.35 bits per heavy atom. The molecule has 3 aromatic rings. The number of hydrogen-bond donors (Lipinski definition) is 1. The van der Waals surface area contributed by atoms with Crippen LogP contribution in [0.25, 0.3) is 5.65 Å². The third-order valence-corrected chi connectivity index (χ3v) is 4.29. The minimum absolute atomic E-state index is 0.0398. The van der Waals surface area contributed by atoms with Gasteiger partial charge in [0.2, 0.25) is 0 Å². The Morgan fingerprint density at radius 3 is 2.81 bits per heavy atom. The Bertz CT molecular complexity index is 1020. The molecule has 0 atom stereocenters. The van der Waals surface area contributed by atoms with Gasteiger partial charge in [0.15, 0.2) is 11.3 Å².